The number of allylic oxidation sites excluding steroid dienone is 1. The molecule has 2 aliphatic carbocycles. The Balaban J connectivity index is 1.76. The van der Waals surface area contributed by atoms with Gasteiger partial charge in [0.25, 0.3) is 0 Å². The molecule has 1 aromatic carbocycles. The third-order valence-electron chi connectivity index (χ3n) is 11.0. The molecule has 5 rings (SSSR count). The van der Waals surface area contributed by atoms with Gasteiger partial charge in [-0.05, 0) is 87.5 Å². The molecule has 13 nitrogen and oxygen atoms in total. The second-order valence-corrected chi connectivity index (χ2v) is 15.0. The third-order valence-corrected chi connectivity index (χ3v) is 11.1. The number of halogens is 1. The molecule has 1 aromatic rings. The van der Waals surface area contributed by atoms with E-state index in [1.165, 1.54) is 0 Å². The van der Waals surface area contributed by atoms with Crippen molar-refractivity contribution in [3.63, 3.8) is 0 Å². The Labute approximate surface area is 330 Å². The molecular formula is C41H60ClN3O10. The summed E-state index contributed by atoms with van der Waals surface area (Å²) in [5.74, 6) is -1.09. The van der Waals surface area contributed by atoms with Crippen molar-refractivity contribution >= 4 is 29.5 Å². The van der Waals surface area contributed by atoms with Gasteiger partial charge in [0.1, 0.15) is 24.1 Å². The Hall–Kier alpha value is -3.36. The predicted octanol–water partition coefficient (Wildman–Crippen LogP) is 7.04. The van der Waals surface area contributed by atoms with Crippen LogP contribution >= 0.6 is 11.6 Å². The Morgan fingerprint density at radius 1 is 1.15 bits per heavy atom. The summed E-state index contributed by atoms with van der Waals surface area (Å²) in [7, 11) is 0. The summed E-state index contributed by atoms with van der Waals surface area (Å²) >= 11 is 5.99. The van der Waals surface area contributed by atoms with Gasteiger partial charge in [0.15, 0.2) is 0 Å². The standard InChI is InChI=1S/C41H60ClN3O10/c1-4-19-45(40(49)51-24-18-42)35-27-33(44-55-36-15-9-12-23-50-36)31-25-28(13-7-10-20-46)30(14-8-11-21-47)37-32-26-29(53-39(48)43-6-3)16-17-34(32)54-41(35,38(31)37)52-22-5-2/h5,16-17,25-26,28,30,35-38,46-47H,2,4,6-15,18-24,27H2,1,3H3,(H,43,48)/t28-,30+,35-,36?,37+,38+,41+/m0/s1. The minimum absolute atomic E-state index is 0.0125. The summed E-state index contributed by atoms with van der Waals surface area (Å²) in [6, 6.07) is 4.67. The first-order valence-electron chi connectivity index (χ1n) is 20.2. The maximum absolute atomic E-state index is 14.0. The van der Waals surface area contributed by atoms with Crippen LogP contribution in [0, 0.1) is 17.8 Å². The van der Waals surface area contributed by atoms with E-state index in [4.69, 9.17) is 45.3 Å². The second-order valence-electron chi connectivity index (χ2n) is 14.6. The van der Waals surface area contributed by atoms with Crippen molar-refractivity contribution in [3.05, 3.63) is 48.1 Å². The van der Waals surface area contributed by atoms with Gasteiger partial charge >= 0.3 is 12.2 Å². The number of benzene rings is 1. The smallest absolute Gasteiger partial charge is 0.412 e. The third kappa shape index (κ3) is 10.2. The number of alkyl halides is 1. The summed E-state index contributed by atoms with van der Waals surface area (Å²) in [6.07, 6.45) is 10.3. The van der Waals surface area contributed by atoms with Gasteiger partial charge < -0.3 is 44.1 Å². The second kappa shape index (κ2) is 21.2. The monoisotopic (exact) mass is 789 g/mol. The number of carbonyl (C=O) groups excluding carboxylic acids is 2. The zero-order valence-corrected chi connectivity index (χ0v) is 33.2. The van der Waals surface area contributed by atoms with Gasteiger partial charge in [-0.15, -0.1) is 18.2 Å². The molecule has 7 atom stereocenters. The van der Waals surface area contributed by atoms with Crippen molar-refractivity contribution in [3.8, 4) is 11.5 Å². The van der Waals surface area contributed by atoms with Crippen LogP contribution in [0.15, 0.2) is 47.7 Å². The van der Waals surface area contributed by atoms with Crippen LogP contribution in [0.2, 0.25) is 0 Å². The van der Waals surface area contributed by atoms with E-state index in [9.17, 15) is 19.8 Å². The average molecular weight is 790 g/mol. The molecule has 2 fully saturated rings. The van der Waals surface area contributed by atoms with Crippen molar-refractivity contribution in [2.24, 2.45) is 22.9 Å². The molecular weight excluding hydrogens is 730 g/mol. The molecule has 2 heterocycles. The van der Waals surface area contributed by atoms with Gasteiger partial charge in [-0.3, -0.25) is 4.90 Å². The summed E-state index contributed by atoms with van der Waals surface area (Å²) in [4.78, 5) is 34.5. The van der Waals surface area contributed by atoms with Crippen LogP contribution in [-0.4, -0.2) is 103 Å². The number of aliphatic hydroxyl groups excluding tert-OH is 2. The number of nitrogens with one attached hydrogen (secondary N) is 1. The summed E-state index contributed by atoms with van der Waals surface area (Å²) in [5, 5.41) is 27.2. The van der Waals surface area contributed by atoms with Crippen LogP contribution < -0.4 is 14.8 Å². The number of ether oxygens (including phenoxy) is 5. The Bertz CT molecular complexity index is 1490. The number of unbranched alkanes of at least 4 members (excludes halogenated alkanes) is 2. The number of amides is 2. The predicted molar refractivity (Wildman–Crippen MR) is 208 cm³/mol. The van der Waals surface area contributed by atoms with E-state index in [1.54, 1.807) is 17.0 Å². The van der Waals surface area contributed by atoms with Gasteiger partial charge in [-0.2, -0.15) is 0 Å². The van der Waals surface area contributed by atoms with Crippen LogP contribution in [0.4, 0.5) is 9.59 Å². The Kier molecular flexibility index (Phi) is 16.5. The molecule has 0 spiro atoms. The Morgan fingerprint density at radius 3 is 2.64 bits per heavy atom. The molecule has 1 saturated heterocycles. The molecule has 3 N–H and O–H groups in total. The fraction of sp³-hybridized carbons (Fsp3) is 0.683. The van der Waals surface area contributed by atoms with Crippen molar-refractivity contribution in [1.29, 1.82) is 0 Å². The number of hydrogen-bond donors (Lipinski definition) is 3. The van der Waals surface area contributed by atoms with Crippen molar-refractivity contribution in [2.45, 2.75) is 109 Å². The Morgan fingerprint density at radius 2 is 1.95 bits per heavy atom. The zero-order chi connectivity index (χ0) is 39.2. The summed E-state index contributed by atoms with van der Waals surface area (Å²) in [6.45, 7) is 9.48. The van der Waals surface area contributed by atoms with Crippen molar-refractivity contribution < 1.29 is 48.3 Å². The topological polar surface area (TPSA) is 158 Å². The van der Waals surface area contributed by atoms with Gasteiger partial charge in [-0.1, -0.05) is 37.1 Å². The van der Waals surface area contributed by atoms with Crippen LogP contribution in [0.3, 0.4) is 0 Å². The van der Waals surface area contributed by atoms with E-state index in [0.717, 1.165) is 49.7 Å². The van der Waals surface area contributed by atoms with E-state index < -0.39 is 36.2 Å². The lowest BCUT2D eigenvalue weighted by Gasteiger charge is -2.59. The van der Waals surface area contributed by atoms with Crippen molar-refractivity contribution in [2.75, 3.05) is 52.0 Å². The van der Waals surface area contributed by atoms with Gasteiger partial charge in [0.2, 0.25) is 12.1 Å². The minimum atomic E-state index is -1.43. The highest BCUT2D eigenvalue weighted by Gasteiger charge is 2.65. The van der Waals surface area contributed by atoms with Gasteiger partial charge in [0.05, 0.1) is 30.7 Å². The first kappa shape index (κ1) is 42.8. The molecule has 14 heteroatoms. The molecule has 306 valence electrons. The largest absolute Gasteiger partial charge is 0.459 e. The highest BCUT2D eigenvalue weighted by Crippen LogP contribution is 2.62. The van der Waals surface area contributed by atoms with E-state index in [0.29, 0.717) is 62.6 Å². The number of hydrogen-bond acceptors (Lipinski definition) is 11. The number of rotatable bonds is 20. The molecule has 2 aliphatic heterocycles. The number of carbonyl (C=O) groups is 2. The van der Waals surface area contributed by atoms with E-state index in [2.05, 4.69) is 18.0 Å². The minimum Gasteiger partial charge on any atom is -0.459 e. The number of oxime groups is 1. The van der Waals surface area contributed by atoms with Crippen LogP contribution in [0.25, 0.3) is 0 Å². The normalized spacial score (nSPS) is 27.5. The number of fused-ring (bicyclic) bond motifs is 2. The number of nitrogens with zero attached hydrogens (tertiary/aromatic N) is 2. The zero-order valence-electron chi connectivity index (χ0n) is 32.4. The summed E-state index contributed by atoms with van der Waals surface area (Å²) < 4.78 is 31.5. The fourth-order valence-electron chi connectivity index (χ4n) is 8.74. The lowest BCUT2D eigenvalue weighted by molar-refractivity contribution is -0.255. The maximum atomic E-state index is 14.0. The van der Waals surface area contributed by atoms with Crippen molar-refractivity contribution in [1.82, 2.24) is 10.2 Å². The average Bonchev–Trinajstić information content (AvgIpc) is 3.19. The molecule has 0 radical (unpaired) electrons. The van der Waals surface area contributed by atoms with E-state index >= 15 is 0 Å². The highest BCUT2D eigenvalue weighted by molar-refractivity contribution is 6.18. The summed E-state index contributed by atoms with van der Waals surface area (Å²) in [5.41, 5.74) is 2.42. The van der Waals surface area contributed by atoms with Gasteiger partial charge in [0, 0.05) is 50.6 Å². The molecule has 0 aromatic heterocycles. The number of aliphatic hydroxyl groups is 2. The SMILES string of the molecule is C=CCO[C@@]12Oc3ccc(OC(=O)NCC)cc3[C@H]3[C@H](CCCCO)[C@@H](CCCCO)C=C(C(=NOC4CCCCO4)C[C@@H]1N(CCC)C(=O)OCCCl)[C@H]32. The lowest BCUT2D eigenvalue weighted by Crippen LogP contribution is -2.70. The first-order chi connectivity index (χ1) is 26.8. The molecule has 2 amide bonds. The fourth-order valence-corrected chi connectivity index (χ4v) is 8.82. The molecule has 1 saturated carbocycles. The van der Waals surface area contributed by atoms with Crippen LogP contribution in [0.1, 0.15) is 96.0 Å². The van der Waals surface area contributed by atoms with E-state index in [-0.39, 0.29) is 56.5 Å². The molecule has 0 bridgehead atoms. The van der Waals surface area contributed by atoms with Crippen LogP contribution in [-0.2, 0) is 19.0 Å². The lowest BCUT2D eigenvalue weighted by atomic mass is 9.55. The first-order valence-corrected chi connectivity index (χ1v) is 20.7. The van der Waals surface area contributed by atoms with Gasteiger partial charge in [-0.25, -0.2) is 9.59 Å². The molecule has 4 aliphatic rings. The van der Waals surface area contributed by atoms with Crippen LogP contribution in [0.5, 0.6) is 11.5 Å². The quantitative estimate of drug-likeness (QED) is 0.0542. The van der Waals surface area contributed by atoms with E-state index in [1.807, 2.05) is 26.0 Å². The molecule has 55 heavy (non-hydrogen) atoms. The maximum Gasteiger partial charge on any atom is 0.412 e. The molecule has 1 unspecified atom stereocenters. The highest BCUT2D eigenvalue weighted by atomic mass is 35.5.